The summed E-state index contributed by atoms with van der Waals surface area (Å²) < 4.78 is 30.4. The number of nitrogens with zero attached hydrogens (tertiary/aromatic N) is 6. The minimum atomic E-state index is -3.26. The van der Waals surface area contributed by atoms with E-state index in [1.54, 1.807) is 44.4 Å². The normalized spacial score (nSPS) is 11.6. The number of esters is 1. The van der Waals surface area contributed by atoms with Crippen molar-refractivity contribution in [2.75, 3.05) is 37.2 Å². The highest BCUT2D eigenvalue weighted by molar-refractivity contribution is 7.90. The zero-order chi connectivity index (χ0) is 25.3. The number of benzene rings is 1. The van der Waals surface area contributed by atoms with Crippen LogP contribution in [-0.4, -0.2) is 65.8 Å². The van der Waals surface area contributed by atoms with Gasteiger partial charge in [-0.15, -0.1) is 0 Å². The first-order chi connectivity index (χ1) is 16.6. The Balaban J connectivity index is 1.68. The number of sulfone groups is 1. The summed E-state index contributed by atoms with van der Waals surface area (Å²) in [6, 6.07) is 6.71. The van der Waals surface area contributed by atoms with E-state index < -0.39 is 15.8 Å². The molecule has 4 rings (SSSR count). The first-order valence-corrected chi connectivity index (χ1v) is 13.4. The number of hydrogen-bond donors (Lipinski definition) is 1. The van der Waals surface area contributed by atoms with Crippen LogP contribution in [0.2, 0.25) is 0 Å². The molecule has 0 fully saturated rings. The third kappa shape index (κ3) is 5.25. The monoisotopic (exact) mass is 515 g/mol. The van der Waals surface area contributed by atoms with Gasteiger partial charge in [0.1, 0.15) is 4.88 Å². The first-order valence-electron chi connectivity index (χ1n) is 10.7. The van der Waals surface area contributed by atoms with E-state index in [0.29, 0.717) is 45.2 Å². The minimum absolute atomic E-state index is 0.265. The molecule has 0 saturated carbocycles. The molecular weight excluding hydrogens is 490 g/mol. The molecule has 13 heteroatoms. The number of carbonyl (C=O) groups is 1. The van der Waals surface area contributed by atoms with Crippen molar-refractivity contribution < 1.29 is 17.9 Å². The lowest BCUT2D eigenvalue weighted by Gasteiger charge is -2.13. The van der Waals surface area contributed by atoms with Crippen molar-refractivity contribution in [2.24, 2.45) is 0 Å². The van der Waals surface area contributed by atoms with Crippen LogP contribution in [0.1, 0.15) is 27.9 Å². The van der Waals surface area contributed by atoms with Crippen molar-refractivity contribution in [3.63, 3.8) is 0 Å². The number of rotatable bonds is 8. The molecule has 0 unspecified atom stereocenters. The fourth-order valence-corrected chi connectivity index (χ4v) is 4.87. The van der Waals surface area contributed by atoms with E-state index in [1.807, 2.05) is 23.6 Å². The van der Waals surface area contributed by atoms with Gasteiger partial charge in [0.05, 0.1) is 30.1 Å². The summed E-state index contributed by atoms with van der Waals surface area (Å²) in [5, 5.41) is 3.57. The molecule has 0 saturated heterocycles. The van der Waals surface area contributed by atoms with Crippen LogP contribution in [0.3, 0.4) is 0 Å². The van der Waals surface area contributed by atoms with E-state index in [4.69, 9.17) is 4.74 Å². The maximum atomic E-state index is 12.1. The number of hydrogen-bond acceptors (Lipinski definition) is 11. The van der Waals surface area contributed by atoms with Crippen LogP contribution in [0.4, 0.5) is 16.9 Å². The minimum Gasteiger partial charge on any atom is -0.462 e. The van der Waals surface area contributed by atoms with E-state index in [-0.39, 0.29) is 11.5 Å². The van der Waals surface area contributed by atoms with Crippen molar-refractivity contribution in [3.05, 3.63) is 46.7 Å². The maximum Gasteiger partial charge on any atom is 0.350 e. The van der Waals surface area contributed by atoms with Gasteiger partial charge in [-0.1, -0.05) is 23.5 Å². The molecule has 0 amide bonds. The summed E-state index contributed by atoms with van der Waals surface area (Å²) in [6.45, 7) is 4.22. The Kier molecular flexibility index (Phi) is 6.72. The second kappa shape index (κ2) is 9.58. The Morgan fingerprint density at radius 1 is 1.17 bits per heavy atom. The second-order valence-corrected chi connectivity index (χ2v) is 11.0. The van der Waals surface area contributed by atoms with Crippen LogP contribution in [0, 0.1) is 6.92 Å². The average Bonchev–Trinajstić information content (AvgIpc) is 3.36. The molecule has 0 aliphatic rings. The Labute approximate surface area is 206 Å². The van der Waals surface area contributed by atoms with Crippen molar-refractivity contribution in [2.45, 2.75) is 25.3 Å². The number of ether oxygens (including phenoxy) is 1. The topological polar surface area (TPSA) is 132 Å². The van der Waals surface area contributed by atoms with Crippen LogP contribution in [0.15, 0.2) is 35.5 Å². The quantitative estimate of drug-likeness (QED) is 0.349. The lowest BCUT2D eigenvalue weighted by atomic mass is 10.2. The average molecular weight is 516 g/mol. The van der Waals surface area contributed by atoms with Crippen LogP contribution in [-0.2, 0) is 21.1 Å². The van der Waals surface area contributed by atoms with Crippen molar-refractivity contribution >= 4 is 55.2 Å². The number of imidazole rings is 1. The molecule has 0 bridgehead atoms. The van der Waals surface area contributed by atoms with Gasteiger partial charge in [0, 0.05) is 20.4 Å². The van der Waals surface area contributed by atoms with Crippen molar-refractivity contribution in [1.29, 1.82) is 0 Å². The van der Waals surface area contributed by atoms with Gasteiger partial charge >= 0.3 is 5.97 Å². The van der Waals surface area contributed by atoms with Gasteiger partial charge in [0.25, 0.3) is 0 Å². The first kappa shape index (κ1) is 24.5. The van der Waals surface area contributed by atoms with E-state index in [1.165, 1.54) is 17.6 Å². The second-order valence-electron chi connectivity index (χ2n) is 8.01. The highest BCUT2D eigenvalue weighted by Gasteiger charge is 2.19. The fraction of sp³-hybridized carbons (Fsp3) is 0.318. The van der Waals surface area contributed by atoms with Gasteiger partial charge in [-0.25, -0.2) is 23.2 Å². The molecule has 0 aliphatic carbocycles. The zero-order valence-electron chi connectivity index (χ0n) is 19.9. The largest absolute Gasteiger partial charge is 0.462 e. The smallest absolute Gasteiger partial charge is 0.350 e. The Bertz CT molecular complexity index is 1490. The summed E-state index contributed by atoms with van der Waals surface area (Å²) >= 11 is 1.17. The molecule has 0 atom stereocenters. The molecule has 0 spiro atoms. The van der Waals surface area contributed by atoms with Gasteiger partial charge in [-0.3, -0.25) is 5.32 Å². The number of thiazole rings is 1. The van der Waals surface area contributed by atoms with E-state index in [0.717, 1.165) is 5.56 Å². The Hall–Kier alpha value is -3.58. The van der Waals surface area contributed by atoms with E-state index in [2.05, 4.69) is 25.3 Å². The third-order valence-corrected chi connectivity index (χ3v) is 7.23. The van der Waals surface area contributed by atoms with Crippen molar-refractivity contribution in [1.82, 2.24) is 24.5 Å². The summed E-state index contributed by atoms with van der Waals surface area (Å²) in [5.41, 5.74) is 2.67. The Morgan fingerprint density at radius 2 is 1.89 bits per heavy atom. The number of nitrogens with one attached hydrogen (secondary N) is 1. The molecule has 3 aromatic heterocycles. The molecule has 35 heavy (non-hydrogen) atoms. The van der Waals surface area contributed by atoms with Gasteiger partial charge in [-0.2, -0.15) is 9.97 Å². The van der Waals surface area contributed by atoms with Gasteiger partial charge in [0.2, 0.25) is 5.95 Å². The summed E-state index contributed by atoms with van der Waals surface area (Å²) in [5.74, 6) is 0.503. The predicted molar refractivity (Wildman–Crippen MR) is 134 cm³/mol. The number of fused-ring (bicyclic) bond motifs is 1. The zero-order valence-corrected chi connectivity index (χ0v) is 21.6. The lowest BCUT2D eigenvalue weighted by Crippen LogP contribution is -2.13. The molecule has 184 valence electrons. The van der Waals surface area contributed by atoms with E-state index in [9.17, 15) is 13.2 Å². The van der Waals surface area contributed by atoms with Crippen LogP contribution in [0.25, 0.3) is 11.2 Å². The number of aryl methyl sites for hydroxylation is 1. The molecule has 11 nitrogen and oxygen atoms in total. The predicted octanol–water partition coefficient (Wildman–Crippen LogP) is 3.03. The van der Waals surface area contributed by atoms with Gasteiger partial charge in [-0.05, 0) is 31.5 Å². The third-order valence-electron chi connectivity index (χ3n) is 5.05. The number of carbonyl (C=O) groups excluding carboxylic acids is 1. The molecule has 3 heterocycles. The molecule has 1 aromatic carbocycles. The lowest BCUT2D eigenvalue weighted by molar-refractivity contribution is 0.0531. The molecular formula is C22H25N7O4S2. The van der Waals surface area contributed by atoms with Gasteiger partial charge < -0.3 is 14.2 Å². The fourth-order valence-electron chi connectivity index (χ4n) is 3.38. The molecule has 0 radical (unpaired) electrons. The number of anilines is 3. The number of aromatic nitrogens is 5. The summed E-state index contributed by atoms with van der Waals surface area (Å²) in [7, 11) is 0.460. The Morgan fingerprint density at radius 3 is 2.51 bits per heavy atom. The molecule has 1 N–H and O–H groups in total. The maximum absolute atomic E-state index is 12.1. The van der Waals surface area contributed by atoms with E-state index >= 15 is 0 Å². The standard InChI is InChI=1S/C22H25N7O4S2/c1-6-33-20(30)17-13(2)24-22(34-17)27-21-25-18(28(3)4)16-19(26-21)29(12-23-16)11-14-7-9-15(10-8-14)35(5,31)32/h7-10,12H,6,11H2,1-5H3,(H,24,25,26,27). The SMILES string of the molecule is CCOC(=O)c1sc(Nc2nc(N(C)C)c3ncn(Cc4ccc(S(C)(=O)=O)cc4)c3n2)nc1C. The van der Waals surface area contributed by atoms with Crippen LogP contribution in [0.5, 0.6) is 0 Å². The van der Waals surface area contributed by atoms with Gasteiger partial charge in [0.15, 0.2) is 32.0 Å². The highest BCUT2D eigenvalue weighted by Crippen LogP contribution is 2.28. The van der Waals surface area contributed by atoms with Crippen LogP contribution < -0.4 is 10.2 Å². The summed E-state index contributed by atoms with van der Waals surface area (Å²) in [6.07, 6.45) is 2.85. The molecule has 0 aliphatic heterocycles. The highest BCUT2D eigenvalue weighted by atomic mass is 32.2. The van der Waals surface area contributed by atoms with Crippen LogP contribution >= 0.6 is 11.3 Å². The molecule has 4 aromatic rings. The summed E-state index contributed by atoms with van der Waals surface area (Å²) in [4.78, 5) is 32.8. The van der Waals surface area contributed by atoms with Crippen molar-refractivity contribution in [3.8, 4) is 0 Å².